The summed E-state index contributed by atoms with van der Waals surface area (Å²) >= 11 is 0. The van der Waals surface area contributed by atoms with E-state index in [9.17, 15) is 18.4 Å². The fraction of sp³-hybridized carbons (Fsp3) is 0.364. The zero-order valence-corrected chi connectivity index (χ0v) is 16.6. The number of anilines is 1. The van der Waals surface area contributed by atoms with Gasteiger partial charge in [-0.1, -0.05) is 24.3 Å². The number of amides is 2. The minimum Gasteiger partial charge on any atom is -0.495 e. The second kappa shape index (κ2) is 10.0. The third kappa shape index (κ3) is 5.68. The average molecular weight is 418 g/mol. The van der Waals surface area contributed by atoms with Gasteiger partial charge in [0.1, 0.15) is 11.5 Å². The molecule has 2 amide bonds. The van der Waals surface area contributed by atoms with Crippen molar-refractivity contribution in [2.75, 3.05) is 25.5 Å². The highest BCUT2D eigenvalue weighted by atomic mass is 19.3. The van der Waals surface area contributed by atoms with Gasteiger partial charge in [-0.15, -0.1) is 0 Å². The molecule has 0 bridgehead atoms. The summed E-state index contributed by atoms with van der Waals surface area (Å²) in [5, 5.41) is 2.90. The van der Waals surface area contributed by atoms with Gasteiger partial charge in [0.2, 0.25) is 11.8 Å². The van der Waals surface area contributed by atoms with E-state index in [0.29, 0.717) is 37.4 Å². The summed E-state index contributed by atoms with van der Waals surface area (Å²) in [5.74, 6) is 0.346. The van der Waals surface area contributed by atoms with Crippen LogP contribution in [0.5, 0.6) is 11.5 Å². The number of halogens is 2. The summed E-state index contributed by atoms with van der Waals surface area (Å²) < 4.78 is 34.0. The maximum Gasteiger partial charge on any atom is 0.387 e. The number of nitrogens with one attached hydrogen (secondary N) is 1. The van der Waals surface area contributed by atoms with Crippen molar-refractivity contribution in [3.05, 3.63) is 54.1 Å². The van der Waals surface area contributed by atoms with Crippen molar-refractivity contribution < 1.29 is 27.8 Å². The van der Waals surface area contributed by atoms with E-state index in [1.54, 1.807) is 36.3 Å². The topological polar surface area (TPSA) is 67.9 Å². The Balaban J connectivity index is 1.48. The molecule has 1 N–H and O–H groups in total. The van der Waals surface area contributed by atoms with Crippen LogP contribution in [0.4, 0.5) is 14.5 Å². The quantitative estimate of drug-likeness (QED) is 0.744. The number of methoxy groups -OCH3 is 1. The molecule has 3 rings (SSSR count). The number of rotatable bonds is 7. The van der Waals surface area contributed by atoms with Gasteiger partial charge < -0.3 is 19.7 Å². The fourth-order valence-corrected chi connectivity index (χ4v) is 3.45. The normalized spacial score (nSPS) is 14.5. The molecule has 1 aliphatic rings. The first kappa shape index (κ1) is 21.5. The molecule has 0 spiro atoms. The predicted octanol–water partition coefficient (Wildman–Crippen LogP) is 3.72. The van der Waals surface area contributed by atoms with Gasteiger partial charge in [-0.25, -0.2) is 0 Å². The van der Waals surface area contributed by atoms with Crippen molar-refractivity contribution in [3.63, 3.8) is 0 Å². The zero-order chi connectivity index (χ0) is 21.5. The van der Waals surface area contributed by atoms with Gasteiger partial charge >= 0.3 is 6.61 Å². The monoisotopic (exact) mass is 418 g/mol. The van der Waals surface area contributed by atoms with E-state index in [4.69, 9.17) is 4.74 Å². The highest BCUT2D eigenvalue weighted by Crippen LogP contribution is 2.26. The molecule has 2 aromatic carbocycles. The Morgan fingerprint density at radius 3 is 2.40 bits per heavy atom. The van der Waals surface area contributed by atoms with Crippen LogP contribution in [0.2, 0.25) is 0 Å². The molecule has 1 saturated heterocycles. The van der Waals surface area contributed by atoms with Crippen LogP contribution in [0.1, 0.15) is 18.4 Å². The molecule has 0 unspecified atom stereocenters. The van der Waals surface area contributed by atoms with E-state index >= 15 is 0 Å². The van der Waals surface area contributed by atoms with Crippen LogP contribution in [0.15, 0.2) is 48.5 Å². The Morgan fingerprint density at radius 2 is 1.77 bits per heavy atom. The van der Waals surface area contributed by atoms with Gasteiger partial charge in [0.15, 0.2) is 0 Å². The first-order chi connectivity index (χ1) is 14.5. The van der Waals surface area contributed by atoms with E-state index < -0.39 is 6.61 Å². The van der Waals surface area contributed by atoms with Gasteiger partial charge in [-0.3, -0.25) is 9.59 Å². The van der Waals surface area contributed by atoms with Crippen LogP contribution in [0.25, 0.3) is 0 Å². The SMILES string of the molecule is COc1ccccc1NC(=O)C1CCN(C(=O)Cc2ccc(OC(F)F)cc2)CC1. The van der Waals surface area contributed by atoms with Crippen LogP contribution in [-0.4, -0.2) is 43.5 Å². The van der Waals surface area contributed by atoms with Crippen molar-refractivity contribution in [1.29, 1.82) is 0 Å². The number of ether oxygens (including phenoxy) is 2. The van der Waals surface area contributed by atoms with E-state index in [1.807, 2.05) is 12.1 Å². The number of nitrogens with zero attached hydrogens (tertiary/aromatic N) is 1. The van der Waals surface area contributed by atoms with Crippen LogP contribution in [0, 0.1) is 5.92 Å². The van der Waals surface area contributed by atoms with Crippen LogP contribution in [0.3, 0.4) is 0 Å². The molecule has 6 nitrogen and oxygen atoms in total. The molecule has 1 heterocycles. The zero-order valence-electron chi connectivity index (χ0n) is 16.6. The van der Waals surface area contributed by atoms with Gasteiger partial charge in [0.25, 0.3) is 0 Å². The lowest BCUT2D eigenvalue weighted by Crippen LogP contribution is -2.42. The van der Waals surface area contributed by atoms with Crippen LogP contribution < -0.4 is 14.8 Å². The fourth-order valence-electron chi connectivity index (χ4n) is 3.45. The van der Waals surface area contributed by atoms with Crippen molar-refractivity contribution in [3.8, 4) is 11.5 Å². The van der Waals surface area contributed by atoms with E-state index in [2.05, 4.69) is 10.1 Å². The minimum atomic E-state index is -2.88. The maximum absolute atomic E-state index is 12.6. The first-order valence-electron chi connectivity index (χ1n) is 9.71. The van der Waals surface area contributed by atoms with Gasteiger partial charge in [-0.05, 0) is 42.7 Å². The van der Waals surface area contributed by atoms with Crippen molar-refractivity contribution in [2.45, 2.75) is 25.9 Å². The largest absolute Gasteiger partial charge is 0.495 e. The Bertz CT molecular complexity index is 866. The lowest BCUT2D eigenvalue weighted by molar-refractivity contribution is -0.133. The van der Waals surface area contributed by atoms with Crippen LogP contribution >= 0.6 is 0 Å². The summed E-state index contributed by atoms with van der Waals surface area (Å²) in [4.78, 5) is 26.8. The number of likely N-dealkylation sites (tertiary alicyclic amines) is 1. The summed E-state index contributed by atoms with van der Waals surface area (Å²) in [6.45, 7) is -1.89. The second-order valence-electron chi connectivity index (χ2n) is 7.04. The molecule has 0 aromatic heterocycles. The van der Waals surface area contributed by atoms with Gasteiger partial charge in [-0.2, -0.15) is 8.78 Å². The number of carbonyl (C=O) groups excluding carboxylic acids is 2. The molecule has 30 heavy (non-hydrogen) atoms. The van der Waals surface area contributed by atoms with Crippen molar-refractivity contribution >= 4 is 17.5 Å². The molecule has 160 valence electrons. The van der Waals surface area contributed by atoms with E-state index in [-0.39, 0.29) is 29.9 Å². The second-order valence-corrected chi connectivity index (χ2v) is 7.04. The Morgan fingerprint density at radius 1 is 1.10 bits per heavy atom. The third-order valence-corrected chi connectivity index (χ3v) is 5.09. The Kier molecular flexibility index (Phi) is 7.21. The number of piperidine rings is 1. The summed E-state index contributed by atoms with van der Waals surface area (Å²) in [7, 11) is 1.55. The molecular weight excluding hydrogens is 394 g/mol. The molecule has 0 atom stereocenters. The minimum absolute atomic E-state index is 0.0545. The number of benzene rings is 2. The maximum atomic E-state index is 12.6. The molecule has 0 radical (unpaired) electrons. The number of para-hydroxylation sites is 2. The van der Waals surface area contributed by atoms with Crippen molar-refractivity contribution in [1.82, 2.24) is 4.90 Å². The van der Waals surface area contributed by atoms with Crippen LogP contribution in [-0.2, 0) is 16.0 Å². The molecule has 0 aliphatic carbocycles. The number of hydrogen-bond acceptors (Lipinski definition) is 4. The molecule has 0 saturated carbocycles. The van der Waals surface area contributed by atoms with E-state index in [0.717, 1.165) is 5.56 Å². The average Bonchev–Trinajstić information content (AvgIpc) is 2.75. The van der Waals surface area contributed by atoms with Gasteiger partial charge in [0, 0.05) is 19.0 Å². The third-order valence-electron chi connectivity index (χ3n) is 5.09. The number of hydrogen-bond donors (Lipinski definition) is 1. The highest BCUT2D eigenvalue weighted by Gasteiger charge is 2.27. The smallest absolute Gasteiger partial charge is 0.387 e. The number of carbonyl (C=O) groups is 2. The van der Waals surface area contributed by atoms with Crippen molar-refractivity contribution in [2.24, 2.45) is 5.92 Å². The summed E-state index contributed by atoms with van der Waals surface area (Å²) in [5.41, 5.74) is 1.35. The van der Waals surface area contributed by atoms with Gasteiger partial charge in [0.05, 0.1) is 19.2 Å². The molecular formula is C22H24F2N2O4. The lowest BCUT2D eigenvalue weighted by Gasteiger charge is -2.31. The Labute approximate surface area is 173 Å². The number of alkyl halides is 2. The standard InChI is InChI=1S/C22H24F2N2O4/c1-29-19-5-3-2-4-18(19)25-21(28)16-10-12-26(13-11-16)20(27)14-15-6-8-17(9-7-15)30-22(23)24/h2-9,16,22H,10-14H2,1H3,(H,25,28). The lowest BCUT2D eigenvalue weighted by atomic mass is 9.95. The Hall–Kier alpha value is -3.16. The summed E-state index contributed by atoms with van der Waals surface area (Å²) in [6, 6.07) is 13.3. The summed E-state index contributed by atoms with van der Waals surface area (Å²) in [6.07, 6.45) is 1.33. The predicted molar refractivity (Wildman–Crippen MR) is 108 cm³/mol. The van der Waals surface area contributed by atoms with E-state index in [1.165, 1.54) is 12.1 Å². The molecule has 1 fully saturated rings. The molecule has 8 heteroatoms. The molecule has 1 aliphatic heterocycles. The first-order valence-corrected chi connectivity index (χ1v) is 9.71. The molecule has 2 aromatic rings. The highest BCUT2D eigenvalue weighted by molar-refractivity contribution is 5.94.